The van der Waals surface area contributed by atoms with E-state index in [4.69, 9.17) is 9.15 Å². The van der Waals surface area contributed by atoms with Crippen molar-refractivity contribution in [2.45, 2.75) is 12.6 Å². The minimum absolute atomic E-state index is 0.0521. The third-order valence-corrected chi connectivity index (χ3v) is 4.40. The van der Waals surface area contributed by atoms with Crippen molar-refractivity contribution in [2.75, 3.05) is 26.2 Å². The van der Waals surface area contributed by atoms with Crippen LogP contribution in [0.4, 0.5) is 9.59 Å². The van der Waals surface area contributed by atoms with Gasteiger partial charge in [0.1, 0.15) is 12.9 Å². The number of carbonyl (C=O) groups excluding carboxylic acids is 2. The van der Waals surface area contributed by atoms with Crippen LogP contribution in [0.25, 0.3) is 11.5 Å². The van der Waals surface area contributed by atoms with Crippen molar-refractivity contribution in [1.82, 2.24) is 20.1 Å². The summed E-state index contributed by atoms with van der Waals surface area (Å²) in [7, 11) is 0. The number of carbonyl (C=O) groups is 2. The fourth-order valence-electron chi connectivity index (χ4n) is 3.05. The zero-order valence-electron chi connectivity index (χ0n) is 13.6. The van der Waals surface area contributed by atoms with E-state index in [0.717, 1.165) is 5.56 Å². The SMILES string of the molecule is O=C(NCc1coc(-c2ccccc2)n1)N1CCN2C(=O)OC[C@@H]2C1. The van der Waals surface area contributed by atoms with Crippen LogP contribution in [0.15, 0.2) is 41.0 Å². The van der Waals surface area contributed by atoms with Gasteiger partial charge in [-0.2, -0.15) is 0 Å². The van der Waals surface area contributed by atoms with E-state index in [-0.39, 0.29) is 24.7 Å². The molecule has 4 rings (SSSR count). The first-order chi connectivity index (χ1) is 12.2. The molecule has 3 amide bonds. The number of nitrogens with zero attached hydrogens (tertiary/aromatic N) is 3. The maximum atomic E-state index is 12.3. The largest absolute Gasteiger partial charge is 0.447 e. The molecule has 1 aromatic carbocycles. The van der Waals surface area contributed by atoms with E-state index in [1.807, 2.05) is 30.3 Å². The summed E-state index contributed by atoms with van der Waals surface area (Å²) < 4.78 is 10.5. The Labute approximate surface area is 144 Å². The second kappa shape index (κ2) is 6.46. The quantitative estimate of drug-likeness (QED) is 0.917. The second-order valence-corrected chi connectivity index (χ2v) is 6.04. The Morgan fingerprint density at radius 1 is 1.28 bits per heavy atom. The first kappa shape index (κ1) is 15.5. The highest BCUT2D eigenvalue weighted by atomic mass is 16.6. The van der Waals surface area contributed by atoms with Crippen LogP contribution in [0.2, 0.25) is 0 Å². The normalized spacial score (nSPS) is 19.5. The first-order valence-electron chi connectivity index (χ1n) is 8.17. The summed E-state index contributed by atoms with van der Waals surface area (Å²) in [5, 5.41) is 2.84. The fourth-order valence-corrected chi connectivity index (χ4v) is 3.05. The average molecular weight is 342 g/mol. The number of cyclic esters (lactones) is 1. The van der Waals surface area contributed by atoms with Gasteiger partial charge in [0.2, 0.25) is 5.89 Å². The average Bonchev–Trinajstić information content (AvgIpc) is 3.27. The van der Waals surface area contributed by atoms with Crippen molar-refractivity contribution >= 4 is 12.1 Å². The summed E-state index contributed by atoms with van der Waals surface area (Å²) >= 11 is 0. The maximum absolute atomic E-state index is 12.3. The molecule has 1 N–H and O–H groups in total. The molecule has 2 aliphatic rings. The zero-order chi connectivity index (χ0) is 17.2. The maximum Gasteiger partial charge on any atom is 0.410 e. The molecule has 2 fully saturated rings. The molecule has 2 aliphatic heterocycles. The van der Waals surface area contributed by atoms with Crippen molar-refractivity contribution in [2.24, 2.45) is 0 Å². The summed E-state index contributed by atoms with van der Waals surface area (Å²) in [6.07, 6.45) is 1.26. The predicted octanol–water partition coefficient (Wildman–Crippen LogP) is 1.69. The number of nitrogens with one attached hydrogen (secondary N) is 1. The zero-order valence-corrected chi connectivity index (χ0v) is 13.6. The summed E-state index contributed by atoms with van der Waals surface area (Å²) in [5.74, 6) is 0.528. The van der Waals surface area contributed by atoms with Crippen LogP contribution < -0.4 is 5.32 Å². The highest BCUT2D eigenvalue weighted by molar-refractivity contribution is 5.75. The lowest BCUT2D eigenvalue weighted by molar-refractivity contribution is 0.127. The third-order valence-electron chi connectivity index (χ3n) is 4.40. The van der Waals surface area contributed by atoms with Crippen LogP contribution in [0.5, 0.6) is 0 Å². The van der Waals surface area contributed by atoms with Gasteiger partial charge in [-0.1, -0.05) is 18.2 Å². The van der Waals surface area contributed by atoms with Crippen LogP contribution in [0.1, 0.15) is 5.69 Å². The number of hydrogen-bond acceptors (Lipinski definition) is 5. The lowest BCUT2D eigenvalue weighted by Gasteiger charge is -2.35. The molecular formula is C17H18N4O4. The van der Waals surface area contributed by atoms with Gasteiger partial charge in [-0.25, -0.2) is 14.6 Å². The van der Waals surface area contributed by atoms with Crippen LogP contribution in [-0.2, 0) is 11.3 Å². The third kappa shape index (κ3) is 3.15. The number of fused-ring (bicyclic) bond motifs is 1. The predicted molar refractivity (Wildman–Crippen MR) is 87.6 cm³/mol. The number of oxazole rings is 1. The van der Waals surface area contributed by atoms with Crippen molar-refractivity contribution in [3.63, 3.8) is 0 Å². The summed E-state index contributed by atoms with van der Waals surface area (Å²) in [5.41, 5.74) is 1.55. The molecule has 2 saturated heterocycles. The number of aromatic nitrogens is 1. The molecular weight excluding hydrogens is 324 g/mol. The number of urea groups is 1. The van der Waals surface area contributed by atoms with Gasteiger partial charge in [-0.15, -0.1) is 0 Å². The molecule has 0 spiro atoms. The molecule has 0 bridgehead atoms. The standard InChI is InChI=1S/C17H18N4O4/c22-16(20-6-7-21-14(9-20)11-25-17(21)23)18-8-13-10-24-15(19-13)12-4-2-1-3-5-12/h1-5,10,14H,6-9,11H2,(H,18,22)/t14-/m0/s1. The topological polar surface area (TPSA) is 87.9 Å². The number of hydrogen-bond donors (Lipinski definition) is 1. The van der Waals surface area contributed by atoms with Crippen LogP contribution >= 0.6 is 0 Å². The monoisotopic (exact) mass is 342 g/mol. The molecule has 130 valence electrons. The van der Waals surface area contributed by atoms with E-state index in [1.165, 1.54) is 0 Å². The number of piperazine rings is 1. The molecule has 0 radical (unpaired) electrons. The Morgan fingerprint density at radius 2 is 2.12 bits per heavy atom. The van der Waals surface area contributed by atoms with E-state index in [9.17, 15) is 9.59 Å². The van der Waals surface area contributed by atoms with Gasteiger partial charge in [-0.3, -0.25) is 4.90 Å². The Bertz CT molecular complexity index is 776. The first-order valence-corrected chi connectivity index (χ1v) is 8.17. The van der Waals surface area contributed by atoms with Crippen molar-refractivity contribution < 1.29 is 18.7 Å². The van der Waals surface area contributed by atoms with Crippen molar-refractivity contribution in [3.05, 3.63) is 42.3 Å². The number of amides is 3. The van der Waals surface area contributed by atoms with E-state index in [2.05, 4.69) is 10.3 Å². The van der Waals surface area contributed by atoms with Gasteiger partial charge in [-0.05, 0) is 12.1 Å². The summed E-state index contributed by atoms with van der Waals surface area (Å²) in [6.45, 7) is 2.10. The van der Waals surface area contributed by atoms with E-state index in [0.29, 0.717) is 37.8 Å². The Kier molecular flexibility index (Phi) is 4.01. The minimum Gasteiger partial charge on any atom is -0.447 e. The molecule has 3 heterocycles. The molecule has 8 nitrogen and oxygen atoms in total. The Morgan fingerprint density at radius 3 is 2.96 bits per heavy atom. The van der Waals surface area contributed by atoms with E-state index < -0.39 is 0 Å². The highest BCUT2D eigenvalue weighted by Crippen LogP contribution is 2.19. The van der Waals surface area contributed by atoms with Gasteiger partial charge in [0.05, 0.1) is 18.3 Å². The van der Waals surface area contributed by atoms with Gasteiger partial charge >= 0.3 is 12.1 Å². The van der Waals surface area contributed by atoms with Crippen molar-refractivity contribution in [1.29, 1.82) is 0 Å². The summed E-state index contributed by atoms with van der Waals surface area (Å²) in [6, 6.07) is 9.36. The molecule has 25 heavy (non-hydrogen) atoms. The molecule has 1 atom stereocenters. The molecule has 8 heteroatoms. The van der Waals surface area contributed by atoms with Crippen LogP contribution in [-0.4, -0.2) is 59.2 Å². The van der Waals surface area contributed by atoms with Crippen LogP contribution in [0, 0.1) is 0 Å². The number of rotatable bonds is 3. The van der Waals surface area contributed by atoms with Crippen LogP contribution in [0.3, 0.4) is 0 Å². The molecule has 2 aromatic rings. The van der Waals surface area contributed by atoms with E-state index in [1.54, 1.807) is 16.1 Å². The number of ether oxygens (including phenoxy) is 1. The summed E-state index contributed by atoms with van der Waals surface area (Å²) in [4.78, 5) is 31.6. The highest BCUT2D eigenvalue weighted by Gasteiger charge is 2.38. The number of benzene rings is 1. The second-order valence-electron chi connectivity index (χ2n) is 6.04. The lowest BCUT2D eigenvalue weighted by atomic mass is 10.2. The molecule has 0 aliphatic carbocycles. The fraction of sp³-hybridized carbons (Fsp3) is 0.353. The molecule has 0 unspecified atom stereocenters. The van der Waals surface area contributed by atoms with Gasteiger partial charge in [0, 0.05) is 25.2 Å². The minimum atomic E-state index is -0.291. The van der Waals surface area contributed by atoms with Crippen molar-refractivity contribution in [3.8, 4) is 11.5 Å². The molecule has 0 saturated carbocycles. The lowest BCUT2D eigenvalue weighted by Crippen LogP contribution is -2.55. The van der Waals surface area contributed by atoms with Gasteiger partial charge < -0.3 is 19.4 Å². The van der Waals surface area contributed by atoms with Gasteiger partial charge in [0.15, 0.2) is 0 Å². The Balaban J connectivity index is 1.32. The smallest absolute Gasteiger partial charge is 0.410 e. The molecule has 1 aromatic heterocycles. The van der Waals surface area contributed by atoms with E-state index >= 15 is 0 Å². The Hall–Kier alpha value is -3.03. The van der Waals surface area contributed by atoms with Gasteiger partial charge in [0.25, 0.3) is 0 Å².